The molecule has 1 fully saturated rings. The Morgan fingerprint density at radius 3 is 2.84 bits per heavy atom. The van der Waals surface area contributed by atoms with Crippen LogP contribution in [0.25, 0.3) is 22.6 Å². The lowest BCUT2D eigenvalue weighted by atomic mass is 9.89. The van der Waals surface area contributed by atoms with Gasteiger partial charge in [-0.25, -0.2) is 14.8 Å². The molecule has 0 aliphatic heterocycles. The van der Waals surface area contributed by atoms with Crippen molar-refractivity contribution >= 4 is 11.3 Å². The molecule has 3 aromatic rings. The van der Waals surface area contributed by atoms with E-state index < -0.39 is 0 Å². The van der Waals surface area contributed by atoms with Crippen LogP contribution in [0.3, 0.4) is 0 Å². The van der Waals surface area contributed by atoms with Crippen LogP contribution < -0.4 is 5.69 Å². The largest absolute Gasteiger partial charge is 0.328 e. The second-order valence-corrected chi connectivity index (χ2v) is 6.63. The highest BCUT2D eigenvalue weighted by Gasteiger charge is 2.18. The number of hydrogen-bond acceptors (Lipinski definition) is 4. The van der Waals surface area contributed by atoms with E-state index in [9.17, 15) is 10.1 Å². The highest BCUT2D eigenvalue weighted by Crippen LogP contribution is 2.26. The molecule has 1 aromatic carbocycles. The Hall–Kier alpha value is -2.94. The van der Waals surface area contributed by atoms with E-state index in [0.29, 0.717) is 35.0 Å². The third-order valence-electron chi connectivity index (χ3n) is 4.97. The molecule has 6 heteroatoms. The molecule has 1 saturated carbocycles. The molecule has 1 aliphatic carbocycles. The number of fused-ring (bicyclic) bond motifs is 1. The van der Waals surface area contributed by atoms with Crippen molar-refractivity contribution in [2.75, 3.05) is 0 Å². The van der Waals surface area contributed by atoms with Crippen molar-refractivity contribution in [1.82, 2.24) is 19.5 Å². The van der Waals surface area contributed by atoms with E-state index in [1.54, 1.807) is 16.8 Å². The molecule has 1 aliphatic rings. The predicted octanol–water partition coefficient (Wildman–Crippen LogP) is 3.24. The summed E-state index contributed by atoms with van der Waals surface area (Å²) in [6.45, 7) is 0.677. The fourth-order valence-electron chi connectivity index (χ4n) is 3.65. The monoisotopic (exact) mass is 333 g/mol. The highest BCUT2D eigenvalue weighted by molar-refractivity contribution is 5.73. The molecule has 2 heterocycles. The number of aromatic amines is 1. The van der Waals surface area contributed by atoms with Gasteiger partial charge in [0.25, 0.3) is 0 Å². The van der Waals surface area contributed by atoms with Gasteiger partial charge in [-0.2, -0.15) is 5.26 Å². The van der Waals surface area contributed by atoms with Crippen LogP contribution in [-0.2, 0) is 6.54 Å². The number of H-pyrrole nitrogens is 1. The quantitative estimate of drug-likeness (QED) is 0.797. The van der Waals surface area contributed by atoms with Gasteiger partial charge in [0.15, 0.2) is 11.3 Å². The maximum Gasteiger partial charge on any atom is 0.328 e. The fourth-order valence-corrected chi connectivity index (χ4v) is 3.65. The van der Waals surface area contributed by atoms with Crippen molar-refractivity contribution < 1.29 is 0 Å². The number of hydrogen-bond donors (Lipinski definition) is 1. The Morgan fingerprint density at radius 1 is 1.24 bits per heavy atom. The van der Waals surface area contributed by atoms with E-state index in [4.69, 9.17) is 0 Å². The minimum Gasteiger partial charge on any atom is -0.289 e. The Kier molecular flexibility index (Phi) is 4.06. The van der Waals surface area contributed by atoms with Gasteiger partial charge in [-0.1, -0.05) is 37.5 Å². The Morgan fingerprint density at radius 2 is 2.04 bits per heavy atom. The smallest absolute Gasteiger partial charge is 0.289 e. The molecular formula is C19H19N5O. The SMILES string of the molecule is N#Cc1ccccc1-c1cnc2[nH]c(=O)n(CC3CCCCC3)c2n1. The first-order valence-electron chi connectivity index (χ1n) is 8.71. The fraction of sp³-hybridized carbons (Fsp3) is 0.368. The van der Waals surface area contributed by atoms with Gasteiger partial charge in [-0.15, -0.1) is 0 Å². The second kappa shape index (κ2) is 6.52. The molecular weight excluding hydrogens is 314 g/mol. The van der Waals surface area contributed by atoms with E-state index in [1.165, 1.54) is 19.3 Å². The average molecular weight is 333 g/mol. The summed E-state index contributed by atoms with van der Waals surface area (Å²) in [5.74, 6) is 0.516. The predicted molar refractivity (Wildman–Crippen MR) is 94.9 cm³/mol. The third kappa shape index (κ3) is 2.93. The maximum atomic E-state index is 12.4. The summed E-state index contributed by atoms with van der Waals surface area (Å²) in [4.78, 5) is 24.2. The number of aromatic nitrogens is 4. The van der Waals surface area contributed by atoms with E-state index in [2.05, 4.69) is 21.0 Å². The molecule has 0 atom stereocenters. The average Bonchev–Trinajstić information content (AvgIpc) is 2.97. The number of rotatable bonds is 3. The van der Waals surface area contributed by atoms with Gasteiger partial charge < -0.3 is 0 Å². The Bertz CT molecular complexity index is 1000. The van der Waals surface area contributed by atoms with Crippen LogP contribution in [0.5, 0.6) is 0 Å². The number of benzene rings is 1. The van der Waals surface area contributed by atoms with Crippen LogP contribution in [0.2, 0.25) is 0 Å². The lowest BCUT2D eigenvalue weighted by Gasteiger charge is -2.21. The lowest BCUT2D eigenvalue weighted by Crippen LogP contribution is -2.23. The maximum absolute atomic E-state index is 12.4. The van der Waals surface area contributed by atoms with Gasteiger partial charge >= 0.3 is 5.69 Å². The Balaban J connectivity index is 1.78. The van der Waals surface area contributed by atoms with Gasteiger partial charge in [0, 0.05) is 12.1 Å². The van der Waals surface area contributed by atoms with Gasteiger partial charge in [-0.05, 0) is 24.8 Å². The minimum atomic E-state index is -0.161. The first-order chi connectivity index (χ1) is 12.3. The van der Waals surface area contributed by atoms with Crippen molar-refractivity contribution in [2.45, 2.75) is 38.6 Å². The molecule has 126 valence electrons. The first-order valence-corrected chi connectivity index (χ1v) is 8.71. The van der Waals surface area contributed by atoms with Crippen molar-refractivity contribution in [3.63, 3.8) is 0 Å². The lowest BCUT2D eigenvalue weighted by molar-refractivity contribution is 0.319. The zero-order chi connectivity index (χ0) is 17.2. The third-order valence-corrected chi connectivity index (χ3v) is 4.97. The number of nitrogens with one attached hydrogen (secondary N) is 1. The molecule has 0 radical (unpaired) electrons. The Labute approximate surface area is 145 Å². The van der Waals surface area contributed by atoms with Crippen molar-refractivity contribution in [2.24, 2.45) is 5.92 Å². The zero-order valence-corrected chi connectivity index (χ0v) is 13.9. The molecule has 0 amide bonds. The first kappa shape index (κ1) is 15.6. The zero-order valence-electron chi connectivity index (χ0n) is 13.9. The van der Waals surface area contributed by atoms with E-state index >= 15 is 0 Å². The van der Waals surface area contributed by atoms with Crippen LogP contribution in [0, 0.1) is 17.2 Å². The van der Waals surface area contributed by atoms with Crippen LogP contribution in [0.1, 0.15) is 37.7 Å². The molecule has 0 unspecified atom stereocenters. The molecule has 25 heavy (non-hydrogen) atoms. The number of imidazole rings is 1. The summed E-state index contributed by atoms with van der Waals surface area (Å²) in [6, 6.07) is 9.48. The van der Waals surface area contributed by atoms with Crippen LogP contribution >= 0.6 is 0 Å². The van der Waals surface area contributed by atoms with Crippen molar-refractivity contribution in [3.05, 3.63) is 46.5 Å². The van der Waals surface area contributed by atoms with E-state index in [-0.39, 0.29) is 5.69 Å². The standard InChI is InChI=1S/C19H19N5O/c20-10-14-8-4-5-9-15(14)16-11-21-17-18(22-16)24(19(25)23-17)12-13-6-2-1-3-7-13/h4-5,8-9,11,13H,1-3,6-7,12H2,(H,21,23,25). The normalized spacial score (nSPS) is 15.3. The van der Waals surface area contributed by atoms with Gasteiger partial charge in [0.1, 0.15) is 0 Å². The van der Waals surface area contributed by atoms with E-state index in [0.717, 1.165) is 18.4 Å². The minimum absolute atomic E-state index is 0.161. The topological polar surface area (TPSA) is 87.4 Å². The molecule has 0 spiro atoms. The summed E-state index contributed by atoms with van der Waals surface area (Å²) in [5.41, 5.74) is 2.80. The van der Waals surface area contributed by atoms with Gasteiger partial charge in [0.2, 0.25) is 0 Å². The van der Waals surface area contributed by atoms with Crippen LogP contribution in [0.15, 0.2) is 35.3 Å². The van der Waals surface area contributed by atoms with Crippen LogP contribution in [-0.4, -0.2) is 19.5 Å². The summed E-state index contributed by atoms with van der Waals surface area (Å²) in [6.07, 6.45) is 7.67. The van der Waals surface area contributed by atoms with Gasteiger partial charge in [0.05, 0.1) is 23.5 Å². The highest BCUT2D eigenvalue weighted by atomic mass is 16.1. The number of nitrogens with zero attached hydrogens (tertiary/aromatic N) is 4. The second-order valence-electron chi connectivity index (χ2n) is 6.63. The molecule has 0 bridgehead atoms. The molecule has 6 nitrogen and oxygen atoms in total. The molecule has 4 rings (SSSR count). The summed E-state index contributed by atoms with van der Waals surface area (Å²) in [7, 11) is 0. The summed E-state index contributed by atoms with van der Waals surface area (Å²) < 4.78 is 1.71. The van der Waals surface area contributed by atoms with Gasteiger partial charge in [-0.3, -0.25) is 9.55 Å². The summed E-state index contributed by atoms with van der Waals surface area (Å²) in [5, 5.41) is 9.31. The van der Waals surface area contributed by atoms with Crippen molar-refractivity contribution in [1.29, 1.82) is 5.26 Å². The molecule has 0 saturated heterocycles. The molecule has 1 N–H and O–H groups in total. The van der Waals surface area contributed by atoms with E-state index in [1.807, 2.05) is 18.2 Å². The summed E-state index contributed by atoms with van der Waals surface area (Å²) >= 11 is 0. The molecule has 2 aromatic heterocycles. The number of nitriles is 1. The van der Waals surface area contributed by atoms with Crippen LogP contribution in [0.4, 0.5) is 0 Å². The van der Waals surface area contributed by atoms with Crippen molar-refractivity contribution in [3.8, 4) is 17.3 Å².